The fraction of sp³-hybridized carbons (Fsp3) is 0.211. The molecule has 2 amide bonds. The maximum Gasteiger partial charge on any atom is 0.420 e. The molecule has 5 aromatic rings. The number of oxazole rings is 1. The van der Waals surface area contributed by atoms with Gasteiger partial charge in [-0.3, -0.25) is 14.3 Å². The normalized spacial score (nSPS) is 16.1. The maximum absolute atomic E-state index is 12.9. The molecule has 1 aromatic heterocycles. The molecule has 244 valence electrons. The molecule has 0 spiro atoms. The van der Waals surface area contributed by atoms with E-state index in [1.54, 1.807) is 24.3 Å². The molecule has 2 N–H and O–H groups in total. The highest BCUT2D eigenvalue weighted by atomic mass is 16.5. The van der Waals surface area contributed by atoms with Gasteiger partial charge in [-0.05, 0) is 66.6 Å². The van der Waals surface area contributed by atoms with Crippen molar-refractivity contribution in [2.45, 2.75) is 50.9 Å². The average molecular weight is 646 g/mol. The quantitative estimate of drug-likeness (QED) is 0.150. The molecule has 1 heterocycles. The number of carboxylic acid groups (broad SMARTS) is 1. The van der Waals surface area contributed by atoms with E-state index in [0.717, 1.165) is 22.3 Å². The van der Waals surface area contributed by atoms with E-state index in [9.17, 15) is 24.3 Å². The van der Waals surface area contributed by atoms with Crippen LogP contribution >= 0.6 is 0 Å². The van der Waals surface area contributed by atoms with Crippen LogP contribution in [0.4, 0.5) is 15.3 Å². The molecule has 0 radical (unpaired) electrons. The number of hydrogen-bond donors (Lipinski definition) is 2. The number of anilines is 1. The third-order valence-corrected chi connectivity index (χ3v) is 8.59. The zero-order valence-corrected chi connectivity index (χ0v) is 26.2. The number of nitrogens with zero attached hydrogens (tertiary/aromatic N) is 2. The first-order valence-corrected chi connectivity index (χ1v) is 15.8. The molecular formula is C38H35N3O7. The summed E-state index contributed by atoms with van der Waals surface area (Å²) in [7, 11) is 0. The lowest BCUT2D eigenvalue weighted by Gasteiger charge is -2.36. The zero-order valence-electron chi connectivity index (χ0n) is 26.2. The summed E-state index contributed by atoms with van der Waals surface area (Å²) in [5, 5.41) is 13.5. The Bertz CT molecular complexity index is 1990. The molecule has 6 rings (SSSR count). The van der Waals surface area contributed by atoms with Gasteiger partial charge in [0.1, 0.15) is 12.9 Å². The smallest absolute Gasteiger partial charge is 0.420 e. The van der Waals surface area contributed by atoms with Crippen LogP contribution in [0, 0.1) is 0 Å². The van der Waals surface area contributed by atoms with Crippen molar-refractivity contribution in [2.24, 2.45) is 0 Å². The topological polar surface area (TPSA) is 131 Å². The van der Waals surface area contributed by atoms with E-state index >= 15 is 0 Å². The van der Waals surface area contributed by atoms with Crippen LogP contribution in [-0.2, 0) is 17.9 Å². The lowest BCUT2D eigenvalue weighted by Crippen LogP contribution is -2.46. The van der Waals surface area contributed by atoms with Gasteiger partial charge in [0, 0.05) is 29.8 Å². The molecule has 10 heteroatoms. The second-order valence-corrected chi connectivity index (χ2v) is 11.7. The minimum absolute atomic E-state index is 0.118. The summed E-state index contributed by atoms with van der Waals surface area (Å²) in [4.78, 5) is 50.6. The second kappa shape index (κ2) is 14.7. The predicted octanol–water partition coefficient (Wildman–Crippen LogP) is 7.51. The van der Waals surface area contributed by atoms with E-state index in [2.05, 4.69) is 5.32 Å². The number of carbonyl (C=O) groups excluding carboxylic acids is 2. The number of aldehydes is 1. The lowest BCUT2D eigenvalue weighted by atomic mass is 9.89. The van der Waals surface area contributed by atoms with E-state index < -0.39 is 17.9 Å². The van der Waals surface area contributed by atoms with E-state index in [1.807, 2.05) is 84.9 Å². The number of carbonyl (C=O) groups is 3. The fourth-order valence-electron chi connectivity index (χ4n) is 6.20. The number of benzene rings is 4. The Morgan fingerprint density at radius 2 is 1.62 bits per heavy atom. The van der Waals surface area contributed by atoms with Crippen LogP contribution in [-0.4, -0.2) is 40.2 Å². The summed E-state index contributed by atoms with van der Waals surface area (Å²) >= 11 is 0. The summed E-state index contributed by atoms with van der Waals surface area (Å²) in [6.45, 7) is 0.371. The summed E-state index contributed by atoms with van der Waals surface area (Å²) in [6, 6.07) is 29.1. The summed E-state index contributed by atoms with van der Waals surface area (Å²) in [5.41, 5.74) is 5.20. The van der Waals surface area contributed by atoms with Crippen molar-refractivity contribution >= 4 is 41.3 Å². The van der Waals surface area contributed by atoms with Gasteiger partial charge in [-0.2, -0.15) is 0 Å². The van der Waals surface area contributed by atoms with Gasteiger partial charge in [0.2, 0.25) is 0 Å². The number of hydrogen-bond acceptors (Lipinski definition) is 6. The highest BCUT2D eigenvalue weighted by Crippen LogP contribution is 2.36. The van der Waals surface area contributed by atoms with Gasteiger partial charge in [0.05, 0.1) is 11.2 Å². The second-order valence-electron chi connectivity index (χ2n) is 11.7. The van der Waals surface area contributed by atoms with Crippen LogP contribution in [0.1, 0.15) is 47.2 Å². The Hall–Kier alpha value is -5.90. The molecule has 4 aromatic carbocycles. The molecule has 0 aliphatic heterocycles. The van der Waals surface area contributed by atoms with Crippen LogP contribution in [0.25, 0.3) is 28.3 Å². The van der Waals surface area contributed by atoms with Crippen molar-refractivity contribution in [2.75, 3.05) is 4.90 Å². The first kappa shape index (κ1) is 32.1. The molecular weight excluding hydrogens is 610 g/mol. The van der Waals surface area contributed by atoms with Crippen LogP contribution < -0.4 is 16.0 Å². The monoisotopic (exact) mass is 645 g/mol. The van der Waals surface area contributed by atoms with Crippen molar-refractivity contribution in [3.8, 4) is 11.1 Å². The molecule has 0 bridgehead atoms. The molecule has 0 unspecified atom stereocenters. The predicted molar refractivity (Wildman–Crippen MR) is 183 cm³/mol. The number of amides is 2. The molecule has 0 atom stereocenters. The SMILES string of the molecule is O=Cc1ccc2oc(=O)n(C/C=C/c3ccc(-c4ccccc4)c(N(C(=O)O)C4CCC(NC(=O)OCc5ccccc5)CC4)c3)c2c1. The molecule has 1 aliphatic carbocycles. The van der Waals surface area contributed by atoms with Crippen molar-refractivity contribution in [3.05, 3.63) is 130 Å². The van der Waals surface area contributed by atoms with E-state index in [1.165, 1.54) is 9.47 Å². The number of ether oxygens (including phenoxy) is 1. The van der Waals surface area contributed by atoms with Gasteiger partial charge < -0.3 is 19.6 Å². The standard InChI is InChI=1S/C38H35N3O7/c42-24-28-14-20-35-34(23-28)40(38(46)48-35)21-7-10-26-13-19-32(29-11-5-2-6-12-29)33(22-26)41(37(44)45)31-17-15-30(16-18-31)39-36(43)47-25-27-8-3-1-4-9-27/h1-14,19-20,22-24,30-31H,15-18,21,25H2,(H,39,43)(H,44,45)/b10-7+. The van der Waals surface area contributed by atoms with Crippen LogP contribution in [0.15, 0.2) is 112 Å². The summed E-state index contributed by atoms with van der Waals surface area (Å²) in [5.74, 6) is -0.538. The lowest BCUT2D eigenvalue weighted by molar-refractivity contribution is 0.112. The minimum atomic E-state index is -1.06. The van der Waals surface area contributed by atoms with Crippen LogP contribution in [0.5, 0.6) is 0 Å². The Morgan fingerprint density at radius 1 is 0.917 bits per heavy atom. The fourth-order valence-corrected chi connectivity index (χ4v) is 6.20. The van der Waals surface area contributed by atoms with Gasteiger partial charge in [-0.1, -0.05) is 84.9 Å². The van der Waals surface area contributed by atoms with Crippen LogP contribution in [0.3, 0.4) is 0 Å². The van der Waals surface area contributed by atoms with Crippen molar-refractivity contribution in [1.82, 2.24) is 9.88 Å². The summed E-state index contributed by atoms with van der Waals surface area (Å²) in [6.07, 6.45) is 5.12. The van der Waals surface area contributed by atoms with Gasteiger partial charge in [0.25, 0.3) is 0 Å². The first-order valence-electron chi connectivity index (χ1n) is 15.8. The molecule has 1 saturated carbocycles. The number of rotatable bonds is 10. The van der Waals surface area contributed by atoms with Crippen molar-refractivity contribution in [1.29, 1.82) is 0 Å². The molecule has 1 aliphatic rings. The number of allylic oxidation sites excluding steroid dienone is 1. The molecule has 48 heavy (non-hydrogen) atoms. The number of alkyl carbamates (subject to hydrolysis) is 1. The third kappa shape index (κ3) is 7.39. The zero-order chi connectivity index (χ0) is 33.5. The Balaban J connectivity index is 1.20. The minimum Gasteiger partial charge on any atom is -0.465 e. The largest absolute Gasteiger partial charge is 0.465 e. The third-order valence-electron chi connectivity index (χ3n) is 8.59. The number of fused-ring (bicyclic) bond motifs is 1. The van der Waals surface area contributed by atoms with Crippen molar-refractivity contribution in [3.63, 3.8) is 0 Å². The Morgan fingerprint density at radius 3 is 2.33 bits per heavy atom. The Kier molecular flexibility index (Phi) is 9.80. The highest BCUT2D eigenvalue weighted by Gasteiger charge is 2.32. The maximum atomic E-state index is 12.9. The number of nitrogens with one attached hydrogen (secondary N) is 1. The molecule has 1 fully saturated rings. The van der Waals surface area contributed by atoms with Gasteiger partial charge in [-0.15, -0.1) is 0 Å². The van der Waals surface area contributed by atoms with Gasteiger partial charge in [0.15, 0.2) is 5.58 Å². The van der Waals surface area contributed by atoms with E-state index in [0.29, 0.717) is 54.3 Å². The van der Waals surface area contributed by atoms with Gasteiger partial charge in [-0.25, -0.2) is 14.4 Å². The summed E-state index contributed by atoms with van der Waals surface area (Å²) < 4.78 is 12.1. The first-order chi connectivity index (χ1) is 23.4. The Labute approximate surface area is 276 Å². The van der Waals surface area contributed by atoms with Crippen molar-refractivity contribution < 1.29 is 28.6 Å². The molecule has 10 nitrogen and oxygen atoms in total. The van der Waals surface area contributed by atoms with E-state index in [4.69, 9.17) is 9.15 Å². The molecule has 0 saturated heterocycles. The van der Waals surface area contributed by atoms with Gasteiger partial charge >= 0.3 is 17.9 Å². The van der Waals surface area contributed by atoms with E-state index in [-0.39, 0.29) is 25.2 Å². The highest BCUT2D eigenvalue weighted by molar-refractivity contribution is 5.94. The number of aromatic nitrogens is 1. The average Bonchev–Trinajstić information content (AvgIpc) is 3.42. The van der Waals surface area contributed by atoms with Crippen LogP contribution in [0.2, 0.25) is 0 Å².